The fourth-order valence-electron chi connectivity index (χ4n) is 2.56. The molecule has 1 aliphatic rings. The zero-order valence-corrected chi connectivity index (χ0v) is 14.3. The largest absolute Gasteiger partial charge is 0.379 e. The summed E-state index contributed by atoms with van der Waals surface area (Å²) < 4.78 is 5.41. The van der Waals surface area contributed by atoms with Crippen LogP contribution in [0.4, 0.5) is 5.13 Å². The molecule has 0 radical (unpaired) electrons. The fourth-order valence-corrected chi connectivity index (χ4v) is 3.63. The predicted molar refractivity (Wildman–Crippen MR) is 92.7 cm³/mol. The number of amides is 1. The maximum absolute atomic E-state index is 11.3. The van der Waals surface area contributed by atoms with Gasteiger partial charge in [0, 0.05) is 37.0 Å². The van der Waals surface area contributed by atoms with Gasteiger partial charge in [-0.15, -0.1) is 0 Å². The predicted octanol–water partition coefficient (Wildman–Crippen LogP) is 2.91. The first kappa shape index (κ1) is 16.1. The Balaban J connectivity index is 1.89. The molecule has 3 rings (SSSR count). The third kappa shape index (κ3) is 4.16. The molecular weight excluding hydrogens is 310 g/mol. The second-order valence-corrected chi connectivity index (χ2v) is 6.81. The van der Waals surface area contributed by atoms with Crippen LogP contribution in [0.25, 0.3) is 11.3 Å². The van der Waals surface area contributed by atoms with Gasteiger partial charge in [-0.1, -0.05) is 41.2 Å². The van der Waals surface area contributed by atoms with E-state index in [9.17, 15) is 4.79 Å². The average Bonchev–Trinajstić information content (AvgIpc) is 2.90. The number of thiazole rings is 1. The number of carbonyl (C=O) groups is 1. The van der Waals surface area contributed by atoms with Crippen molar-refractivity contribution in [3.8, 4) is 11.3 Å². The van der Waals surface area contributed by atoms with Crippen molar-refractivity contribution >= 4 is 22.4 Å². The van der Waals surface area contributed by atoms with Gasteiger partial charge in [0.2, 0.25) is 5.91 Å². The van der Waals surface area contributed by atoms with Gasteiger partial charge in [0.05, 0.1) is 18.9 Å². The Kier molecular flexibility index (Phi) is 5.05. The molecular formula is C17H21N3O2S. The number of ether oxygens (including phenoxy) is 1. The Bertz CT molecular complexity index is 676. The molecule has 0 bridgehead atoms. The Hall–Kier alpha value is -1.76. The molecule has 0 atom stereocenters. The zero-order chi connectivity index (χ0) is 16.2. The number of nitrogens with zero attached hydrogens (tertiary/aromatic N) is 2. The van der Waals surface area contributed by atoms with Crippen LogP contribution >= 0.6 is 11.3 Å². The molecule has 0 aliphatic carbocycles. The van der Waals surface area contributed by atoms with E-state index in [-0.39, 0.29) is 5.91 Å². The van der Waals surface area contributed by atoms with Crippen LogP contribution in [0.2, 0.25) is 0 Å². The molecule has 23 heavy (non-hydrogen) atoms. The summed E-state index contributed by atoms with van der Waals surface area (Å²) in [5, 5.41) is 3.47. The molecule has 6 heteroatoms. The van der Waals surface area contributed by atoms with Gasteiger partial charge in [-0.2, -0.15) is 0 Å². The van der Waals surface area contributed by atoms with Crippen LogP contribution in [0.1, 0.15) is 17.4 Å². The lowest BCUT2D eigenvalue weighted by molar-refractivity contribution is -0.114. The molecule has 1 aliphatic heterocycles. The molecule has 0 spiro atoms. The summed E-state index contributed by atoms with van der Waals surface area (Å²) in [6.45, 7) is 7.83. The lowest BCUT2D eigenvalue weighted by Crippen LogP contribution is -2.35. The molecule has 122 valence electrons. The number of benzene rings is 1. The summed E-state index contributed by atoms with van der Waals surface area (Å²) in [4.78, 5) is 19.5. The van der Waals surface area contributed by atoms with Crippen molar-refractivity contribution in [2.45, 2.75) is 20.4 Å². The lowest BCUT2D eigenvalue weighted by atomic mass is 10.1. The van der Waals surface area contributed by atoms with Crippen LogP contribution in [0.5, 0.6) is 0 Å². The summed E-state index contributed by atoms with van der Waals surface area (Å²) in [6, 6.07) is 8.35. The third-order valence-electron chi connectivity index (χ3n) is 3.78. The van der Waals surface area contributed by atoms with E-state index in [2.05, 4.69) is 46.4 Å². The van der Waals surface area contributed by atoms with Crippen LogP contribution in [-0.2, 0) is 16.1 Å². The topological polar surface area (TPSA) is 54.5 Å². The van der Waals surface area contributed by atoms with Crippen molar-refractivity contribution < 1.29 is 9.53 Å². The monoisotopic (exact) mass is 331 g/mol. The minimum atomic E-state index is -0.0906. The van der Waals surface area contributed by atoms with Gasteiger partial charge in [0.15, 0.2) is 5.13 Å². The summed E-state index contributed by atoms with van der Waals surface area (Å²) in [5.74, 6) is -0.0906. The van der Waals surface area contributed by atoms with E-state index in [0.29, 0.717) is 5.13 Å². The summed E-state index contributed by atoms with van der Waals surface area (Å²) in [7, 11) is 0. The Morgan fingerprint density at radius 2 is 2.00 bits per heavy atom. The van der Waals surface area contributed by atoms with Crippen molar-refractivity contribution in [2.24, 2.45) is 0 Å². The molecule has 1 saturated heterocycles. The minimum absolute atomic E-state index is 0.0906. The Morgan fingerprint density at radius 1 is 1.30 bits per heavy atom. The highest BCUT2D eigenvalue weighted by Crippen LogP contribution is 2.32. The summed E-state index contributed by atoms with van der Waals surface area (Å²) in [5.41, 5.74) is 3.28. The van der Waals surface area contributed by atoms with E-state index in [1.165, 1.54) is 17.4 Å². The van der Waals surface area contributed by atoms with Gasteiger partial charge in [-0.05, 0) is 6.92 Å². The van der Waals surface area contributed by atoms with E-state index in [1.54, 1.807) is 11.3 Å². The SMILES string of the molecule is CC(=O)Nc1nc(-c2ccc(C)cc2)c(CN2CCOCC2)s1. The molecule has 2 aromatic rings. The highest BCUT2D eigenvalue weighted by atomic mass is 32.1. The van der Waals surface area contributed by atoms with Gasteiger partial charge in [-0.3, -0.25) is 9.69 Å². The van der Waals surface area contributed by atoms with Crippen LogP contribution < -0.4 is 5.32 Å². The van der Waals surface area contributed by atoms with Crippen LogP contribution in [0.15, 0.2) is 24.3 Å². The molecule has 5 nitrogen and oxygen atoms in total. The van der Waals surface area contributed by atoms with Crippen molar-refractivity contribution in [1.82, 2.24) is 9.88 Å². The summed E-state index contributed by atoms with van der Waals surface area (Å²) >= 11 is 1.55. The first-order valence-electron chi connectivity index (χ1n) is 7.76. The molecule has 0 unspecified atom stereocenters. The van der Waals surface area contributed by atoms with Gasteiger partial charge < -0.3 is 10.1 Å². The Labute approximate surface area is 140 Å². The van der Waals surface area contributed by atoms with Crippen molar-refractivity contribution in [3.05, 3.63) is 34.7 Å². The molecule has 0 saturated carbocycles. The normalized spacial score (nSPS) is 15.6. The number of aryl methyl sites for hydroxylation is 1. The maximum Gasteiger partial charge on any atom is 0.223 e. The van der Waals surface area contributed by atoms with E-state index < -0.39 is 0 Å². The van der Waals surface area contributed by atoms with E-state index in [0.717, 1.165) is 44.1 Å². The molecule has 1 aromatic carbocycles. The van der Waals surface area contributed by atoms with Gasteiger partial charge in [0.1, 0.15) is 0 Å². The second kappa shape index (κ2) is 7.21. The fraction of sp³-hybridized carbons (Fsp3) is 0.412. The highest BCUT2D eigenvalue weighted by molar-refractivity contribution is 7.16. The minimum Gasteiger partial charge on any atom is -0.379 e. The number of rotatable bonds is 4. The first-order valence-corrected chi connectivity index (χ1v) is 8.58. The molecule has 1 aromatic heterocycles. The number of hydrogen-bond acceptors (Lipinski definition) is 5. The van der Waals surface area contributed by atoms with Crippen molar-refractivity contribution in [1.29, 1.82) is 0 Å². The Morgan fingerprint density at radius 3 is 2.65 bits per heavy atom. The third-order valence-corrected chi connectivity index (χ3v) is 4.73. The van der Waals surface area contributed by atoms with Gasteiger partial charge >= 0.3 is 0 Å². The van der Waals surface area contributed by atoms with Crippen LogP contribution in [-0.4, -0.2) is 42.1 Å². The molecule has 1 fully saturated rings. The first-order chi connectivity index (χ1) is 11.1. The van der Waals surface area contributed by atoms with E-state index in [4.69, 9.17) is 4.74 Å². The smallest absolute Gasteiger partial charge is 0.223 e. The number of anilines is 1. The maximum atomic E-state index is 11.3. The lowest BCUT2D eigenvalue weighted by Gasteiger charge is -2.26. The molecule has 1 N–H and O–H groups in total. The van der Waals surface area contributed by atoms with E-state index in [1.807, 2.05) is 0 Å². The van der Waals surface area contributed by atoms with Crippen LogP contribution in [0, 0.1) is 6.92 Å². The van der Waals surface area contributed by atoms with Crippen molar-refractivity contribution in [3.63, 3.8) is 0 Å². The van der Waals surface area contributed by atoms with Gasteiger partial charge in [-0.25, -0.2) is 4.98 Å². The number of morpholine rings is 1. The second-order valence-electron chi connectivity index (χ2n) is 5.73. The molecule has 1 amide bonds. The zero-order valence-electron chi connectivity index (χ0n) is 13.5. The average molecular weight is 331 g/mol. The number of aromatic nitrogens is 1. The standard InChI is InChI=1S/C17H21N3O2S/c1-12-3-5-14(6-4-12)16-15(11-20-7-9-22-10-8-20)23-17(19-16)18-13(2)21/h3-6H,7-11H2,1-2H3,(H,18,19,21). The van der Waals surface area contributed by atoms with Gasteiger partial charge in [0.25, 0.3) is 0 Å². The number of hydrogen-bond donors (Lipinski definition) is 1. The number of carbonyl (C=O) groups excluding carboxylic acids is 1. The van der Waals surface area contributed by atoms with Crippen LogP contribution in [0.3, 0.4) is 0 Å². The highest BCUT2D eigenvalue weighted by Gasteiger charge is 2.18. The number of nitrogens with one attached hydrogen (secondary N) is 1. The summed E-state index contributed by atoms with van der Waals surface area (Å²) in [6.07, 6.45) is 0. The molecule has 2 heterocycles. The quantitative estimate of drug-likeness (QED) is 0.936. The van der Waals surface area contributed by atoms with Crippen molar-refractivity contribution in [2.75, 3.05) is 31.6 Å². The van der Waals surface area contributed by atoms with E-state index >= 15 is 0 Å².